The van der Waals surface area contributed by atoms with E-state index in [2.05, 4.69) is 44.9 Å². The summed E-state index contributed by atoms with van der Waals surface area (Å²) in [6.45, 7) is 8.76. The number of amides is 2. The number of methoxy groups -OCH3 is 1. The number of piperidine rings is 1. The minimum absolute atomic E-state index is 0.0123. The quantitative estimate of drug-likeness (QED) is 0.588. The number of pyridine rings is 1. The molecule has 0 saturated carbocycles. The maximum Gasteiger partial charge on any atom is 0.317 e. The Hall–Kier alpha value is -3.17. The van der Waals surface area contributed by atoms with E-state index in [0.717, 1.165) is 67.0 Å². The molecule has 0 unspecified atom stereocenters. The minimum atomic E-state index is -0.307. The van der Waals surface area contributed by atoms with Gasteiger partial charge in [0.2, 0.25) is 0 Å². The first kappa shape index (κ1) is 23.6. The lowest BCUT2D eigenvalue weighted by Gasteiger charge is -2.36. The number of carbonyl (C=O) groups is 1. The second-order valence-electron chi connectivity index (χ2n) is 9.76. The van der Waals surface area contributed by atoms with Gasteiger partial charge in [-0.1, -0.05) is 6.07 Å². The van der Waals surface area contributed by atoms with Gasteiger partial charge in [-0.25, -0.2) is 9.31 Å². The first-order chi connectivity index (χ1) is 17.0. The topological polar surface area (TPSA) is 87.0 Å². The van der Waals surface area contributed by atoms with Crippen LogP contribution in [0.4, 0.5) is 10.5 Å². The fourth-order valence-corrected chi connectivity index (χ4v) is 5.15. The summed E-state index contributed by atoms with van der Waals surface area (Å²) in [5.41, 5.74) is 4.91. The third-order valence-corrected chi connectivity index (χ3v) is 7.13. The SMILES string of the molecule is CO[C@@]1(c2ccc(-c3cc4c(N5CCN(C(=O)NC(C)C)CC5)ccnn4c3)nc2)CCCNC1. The molecule has 0 spiro atoms. The van der Waals surface area contributed by atoms with Crippen molar-refractivity contribution in [1.29, 1.82) is 0 Å². The van der Waals surface area contributed by atoms with E-state index in [1.807, 2.05) is 41.9 Å². The minimum Gasteiger partial charge on any atom is -0.372 e. The van der Waals surface area contributed by atoms with E-state index in [1.165, 1.54) is 0 Å². The molecule has 3 aromatic rings. The number of nitrogens with one attached hydrogen (secondary N) is 2. The normalized spacial score (nSPS) is 21.0. The molecule has 0 bridgehead atoms. The van der Waals surface area contributed by atoms with Crippen molar-refractivity contribution < 1.29 is 9.53 Å². The predicted molar refractivity (Wildman–Crippen MR) is 137 cm³/mol. The summed E-state index contributed by atoms with van der Waals surface area (Å²) in [5, 5.41) is 11.0. The van der Waals surface area contributed by atoms with Crippen LogP contribution in [0.5, 0.6) is 0 Å². The van der Waals surface area contributed by atoms with Gasteiger partial charge in [0.1, 0.15) is 5.60 Å². The van der Waals surface area contributed by atoms with E-state index in [0.29, 0.717) is 13.1 Å². The molecule has 2 saturated heterocycles. The van der Waals surface area contributed by atoms with Crippen LogP contribution in [0.25, 0.3) is 16.8 Å². The average molecular weight is 478 g/mol. The fraction of sp³-hybridized carbons (Fsp3) is 0.500. The lowest BCUT2D eigenvalue weighted by Crippen LogP contribution is -2.53. The number of aromatic nitrogens is 3. The number of nitrogens with zero attached hydrogens (tertiary/aromatic N) is 5. The summed E-state index contributed by atoms with van der Waals surface area (Å²) >= 11 is 0. The maximum absolute atomic E-state index is 12.4. The molecule has 2 N–H and O–H groups in total. The number of piperazine rings is 1. The first-order valence-corrected chi connectivity index (χ1v) is 12.5. The molecule has 186 valence electrons. The van der Waals surface area contributed by atoms with Crippen molar-refractivity contribution in [3.63, 3.8) is 0 Å². The molecule has 0 aromatic carbocycles. The van der Waals surface area contributed by atoms with Crippen LogP contribution < -0.4 is 15.5 Å². The summed E-state index contributed by atoms with van der Waals surface area (Å²) < 4.78 is 7.85. The number of hydrogen-bond donors (Lipinski definition) is 2. The van der Waals surface area contributed by atoms with Crippen LogP contribution in [0, 0.1) is 0 Å². The van der Waals surface area contributed by atoms with Gasteiger partial charge < -0.3 is 25.2 Å². The summed E-state index contributed by atoms with van der Waals surface area (Å²) in [6, 6.07) is 8.57. The molecule has 35 heavy (non-hydrogen) atoms. The van der Waals surface area contributed by atoms with E-state index in [4.69, 9.17) is 9.72 Å². The predicted octanol–water partition coefficient (Wildman–Crippen LogP) is 2.86. The van der Waals surface area contributed by atoms with E-state index >= 15 is 0 Å². The molecule has 0 radical (unpaired) electrons. The summed E-state index contributed by atoms with van der Waals surface area (Å²) in [5.74, 6) is 0. The zero-order valence-electron chi connectivity index (χ0n) is 20.8. The molecule has 0 aliphatic carbocycles. The molecule has 5 heterocycles. The fourth-order valence-electron chi connectivity index (χ4n) is 5.15. The van der Waals surface area contributed by atoms with Gasteiger partial charge in [0.05, 0.1) is 16.9 Å². The van der Waals surface area contributed by atoms with Gasteiger partial charge in [0.25, 0.3) is 0 Å². The van der Waals surface area contributed by atoms with Crippen LogP contribution in [-0.4, -0.2) is 77.9 Å². The Labute approximate surface area is 206 Å². The van der Waals surface area contributed by atoms with Crippen molar-refractivity contribution in [3.8, 4) is 11.3 Å². The highest BCUT2D eigenvalue weighted by Crippen LogP contribution is 2.33. The number of anilines is 1. The summed E-state index contributed by atoms with van der Waals surface area (Å²) in [7, 11) is 1.78. The van der Waals surface area contributed by atoms with Crippen LogP contribution in [-0.2, 0) is 10.3 Å². The van der Waals surface area contributed by atoms with Gasteiger partial charge >= 0.3 is 6.03 Å². The molecule has 5 rings (SSSR count). The molecule has 2 amide bonds. The number of carbonyl (C=O) groups excluding carboxylic acids is 1. The Bertz CT molecular complexity index is 1160. The van der Waals surface area contributed by atoms with E-state index in [-0.39, 0.29) is 17.7 Å². The number of ether oxygens (including phenoxy) is 1. The Balaban J connectivity index is 1.34. The number of hydrogen-bond acceptors (Lipinski definition) is 6. The second-order valence-corrected chi connectivity index (χ2v) is 9.76. The zero-order valence-corrected chi connectivity index (χ0v) is 20.8. The molecule has 2 aliphatic heterocycles. The first-order valence-electron chi connectivity index (χ1n) is 12.5. The van der Waals surface area contributed by atoms with E-state index < -0.39 is 0 Å². The Morgan fingerprint density at radius 1 is 1.20 bits per heavy atom. The van der Waals surface area contributed by atoms with Gasteiger partial charge in [-0.3, -0.25) is 4.98 Å². The van der Waals surface area contributed by atoms with Gasteiger partial charge in [-0.05, 0) is 51.4 Å². The number of urea groups is 1. The standard InChI is InChI=1S/C26H35N7O2/c1-19(2)30-25(34)32-13-11-31(12-14-32)23-7-10-29-33-17-20(15-24(23)33)22-6-5-21(16-28-22)26(35-3)8-4-9-27-18-26/h5-7,10,15-17,19,27H,4,8-9,11-14,18H2,1-3H3,(H,30,34)/t26-/m0/s1. The lowest BCUT2D eigenvalue weighted by atomic mass is 9.87. The van der Waals surface area contributed by atoms with E-state index in [1.54, 1.807) is 7.11 Å². The summed E-state index contributed by atoms with van der Waals surface area (Å²) in [4.78, 5) is 21.4. The van der Waals surface area contributed by atoms with Crippen molar-refractivity contribution >= 4 is 17.2 Å². The number of fused-ring (bicyclic) bond motifs is 1. The van der Waals surface area contributed by atoms with E-state index in [9.17, 15) is 4.79 Å². The molecule has 2 aliphatic rings. The Morgan fingerprint density at radius 3 is 2.69 bits per heavy atom. The molecular formula is C26H35N7O2. The highest BCUT2D eigenvalue weighted by atomic mass is 16.5. The Morgan fingerprint density at radius 2 is 2.03 bits per heavy atom. The molecule has 2 fully saturated rings. The Kier molecular flexibility index (Phi) is 6.62. The number of rotatable bonds is 5. The van der Waals surface area contributed by atoms with Gasteiger partial charge in [-0.2, -0.15) is 5.10 Å². The van der Waals surface area contributed by atoms with Gasteiger partial charge in [0.15, 0.2) is 0 Å². The molecular weight excluding hydrogens is 442 g/mol. The van der Waals surface area contributed by atoms with Gasteiger partial charge in [0, 0.05) is 75.6 Å². The monoisotopic (exact) mass is 477 g/mol. The van der Waals surface area contributed by atoms with Gasteiger partial charge in [-0.15, -0.1) is 0 Å². The van der Waals surface area contributed by atoms with Crippen molar-refractivity contribution in [1.82, 2.24) is 30.1 Å². The zero-order chi connectivity index (χ0) is 24.4. The summed E-state index contributed by atoms with van der Waals surface area (Å²) in [6.07, 6.45) is 7.89. The molecule has 1 atom stereocenters. The smallest absolute Gasteiger partial charge is 0.317 e. The largest absolute Gasteiger partial charge is 0.372 e. The molecule has 3 aromatic heterocycles. The van der Waals surface area contributed by atoms with Crippen LogP contribution in [0.2, 0.25) is 0 Å². The lowest BCUT2D eigenvalue weighted by molar-refractivity contribution is -0.0335. The van der Waals surface area contributed by atoms with Crippen LogP contribution in [0.15, 0.2) is 42.9 Å². The third-order valence-electron chi connectivity index (χ3n) is 7.13. The highest BCUT2D eigenvalue weighted by molar-refractivity contribution is 5.79. The average Bonchev–Trinajstić information content (AvgIpc) is 3.33. The molecule has 9 heteroatoms. The van der Waals surface area contributed by atoms with Crippen molar-refractivity contribution in [3.05, 3.63) is 48.4 Å². The van der Waals surface area contributed by atoms with Crippen molar-refractivity contribution in [2.45, 2.75) is 38.3 Å². The van der Waals surface area contributed by atoms with Crippen LogP contribution in [0.3, 0.4) is 0 Å². The molecule has 9 nitrogen and oxygen atoms in total. The van der Waals surface area contributed by atoms with Crippen LogP contribution in [0.1, 0.15) is 32.3 Å². The van der Waals surface area contributed by atoms with Crippen LogP contribution >= 0.6 is 0 Å². The van der Waals surface area contributed by atoms with Crippen molar-refractivity contribution in [2.24, 2.45) is 0 Å². The van der Waals surface area contributed by atoms with Crippen molar-refractivity contribution in [2.75, 3.05) is 51.3 Å². The highest BCUT2D eigenvalue weighted by Gasteiger charge is 2.34. The second kappa shape index (κ2) is 9.83. The third kappa shape index (κ3) is 4.70. The maximum atomic E-state index is 12.4.